The summed E-state index contributed by atoms with van der Waals surface area (Å²) in [4.78, 5) is 27.2. The zero-order chi connectivity index (χ0) is 16.8. The molecule has 0 bridgehead atoms. The first-order valence-electron chi connectivity index (χ1n) is 6.92. The molecule has 1 aromatic heterocycles. The van der Waals surface area contributed by atoms with E-state index in [2.05, 4.69) is 10.3 Å². The lowest BCUT2D eigenvalue weighted by atomic mass is 10.2. The van der Waals surface area contributed by atoms with Crippen molar-refractivity contribution in [3.63, 3.8) is 0 Å². The van der Waals surface area contributed by atoms with Gasteiger partial charge >= 0.3 is 0 Å². The van der Waals surface area contributed by atoms with Gasteiger partial charge in [0.2, 0.25) is 11.8 Å². The summed E-state index contributed by atoms with van der Waals surface area (Å²) in [6.45, 7) is 1.63. The number of carbonyl (C=O) groups excluding carboxylic acids is 2. The Balaban J connectivity index is 1.97. The maximum Gasteiger partial charge on any atom is 0.237 e. The number of primary amides is 1. The highest BCUT2D eigenvalue weighted by Crippen LogP contribution is 2.19. The molecule has 4 N–H and O–H groups in total. The SMILES string of the molecule is Cc1ccc(NC(=O)CSc2ncc(CO)n2CC(N)=O)cc1. The number of amides is 2. The number of hydrogen-bond donors (Lipinski definition) is 3. The summed E-state index contributed by atoms with van der Waals surface area (Å²) in [5.74, 6) is -0.587. The number of aliphatic hydroxyl groups excluding tert-OH is 1. The van der Waals surface area contributed by atoms with Gasteiger partial charge in [0.15, 0.2) is 5.16 Å². The van der Waals surface area contributed by atoms with Crippen molar-refractivity contribution in [1.82, 2.24) is 9.55 Å². The number of nitrogens with zero attached hydrogens (tertiary/aromatic N) is 2. The first-order valence-corrected chi connectivity index (χ1v) is 7.91. The molecule has 0 aliphatic carbocycles. The molecular weight excluding hydrogens is 316 g/mol. The highest BCUT2D eigenvalue weighted by Gasteiger charge is 2.13. The third-order valence-electron chi connectivity index (χ3n) is 3.05. The molecule has 0 unspecified atom stereocenters. The van der Waals surface area contributed by atoms with Crippen LogP contribution in [0.1, 0.15) is 11.3 Å². The van der Waals surface area contributed by atoms with E-state index in [4.69, 9.17) is 5.73 Å². The average Bonchev–Trinajstić information content (AvgIpc) is 2.89. The lowest BCUT2D eigenvalue weighted by Crippen LogP contribution is -2.21. The molecule has 2 amide bonds. The quantitative estimate of drug-likeness (QED) is 0.652. The smallest absolute Gasteiger partial charge is 0.237 e. The second-order valence-corrected chi connectivity index (χ2v) is 5.89. The number of rotatable bonds is 7. The molecule has 2 rings (SSSR count). The van der Waals surface area contributed by atoms with Crippen molar-refractivity contribution in [1.29, 1.82) is 0 Å². The Kier molecular flexibility index (Phi) is 5.78. The molecule has 7 nitrogen and oxygen atoms in total. The van der Waals surface area contributed by atoms with E-state index >= 15 is 0 Å². The van der Waals surface area contributed by atoms with Gasteiger partial charge in [0.25, 0.3) is 0 Å². The minimum atomic E-state index is -0.538. The summed E-state index contributed by atoms with van der Waals surface area (Å²) in [5.41, 5.74) is 7.50. The number of carbonyl (C=O) groups is 2. The normalized spacial score (nSPS) is 10.5. The number of nitrogens with two attached hydrogens (primary N) is 1. The molecule has 8 heteroatoms. The van der Waals surface area contributed by atoms with Gasteiger partial charge in [-0.15, -0.1) is 0 Å². The Labute approximate surface area is 137 Å². The molecule has 0 radical (unpaired) electrons. The first kappa shape index (κ1) is 17.0. The van der Waals surface area contributed by atoms with Crippen LogP contribution >= 0.6 is 11.8 Å². The molecule has 0 aliphatic rings. The maximum atomic E-state index is 12.0. The number of imidazole rings is 1. The number of aromatic nitrogens is 2. The van der Waals surface area contributed by atoms with Gasteiger partial charge in [0, 0.05) is 5.69 Å². The summed E-state index contributed by atoms with van der Waals surface area (Å²) in [5, 5.41) is 12.5. The van der Waals surface area contributed by atoms with Crippen molar-refractivity contribution >= 4 is 29.3 Å². The zero-order valence-electron chi connectivity index (χ0n) is 12.7. The lowest BCUT2D eigenvalue weighted by Gasteiger charge is -2.09. The van der Waals surface area contributed by atoms with Crippen LogP contribution in [-0.2, 0) is 22.7 Å². The Bertz CT molecular complexity index is 697. The van der Waals surface area contributed by atoms with Gasteiger partial charge in [-0.25, -0.2) is 4.98 Å². The summed E-state index contributed by atoms with van der Waals surface area (Å²) in [6.07, 6.45) is 1.46. The molecule has 1 aromatic carbocycles. The van der Waals surface area contributed by atoms with E-state index in [9.17, 15) is 14.7 Å². The number of thioether (sulfide) groups is 1. The fourth-order valence-electron chi connectivity index (χ4n) is 1.92. The lowest BCUT2D eigenvalue weighted by molar-refractivity contribution is -0.118. The molecule has 122 valence electrons. The van der Waals surface area contributed by atoms with Crippen LogP contribution in [0, 0.1) is 6.92 Å². The van der Waals surface area contributed by atoms with Gasteiger partial charge in [-0.05, 0) is 19.1 Å². The molecule has 0 spiro atoms. The average molecular weight is 334 g/mol. The van der Waals surface area contributed by atoms with E-state index in [0.29, 0.717) is 10.9 Å². The monoisotopic (exact) mass is 334 g/mol. The second kappa shape index (κ2) is 7.80. The molecule has 2 aromatic rings. The van der Waals surface area contributed by atoms with Crippen LogP contribution in [0.5, 0.6) is 0 Å². The fourth-order valence-corrected chi connectivity index (χ4v) is 2.72. The molecule has 0 saturated heterocycles. The van der Waals surface area contributed by atoms with Crippen LogP contribution in [0.4, 0.5) is 5.69 Å². The highest BCUT2D eigenvalue weighted by molar-refractivity contribution is 7.99. The van der Waals surface area contributed by atoms with E-state index in [1.165, 1.54) is 22.5 Å². The number of nitrogens with one attached hydrogen (secondary N) is 1. The van der Waals surface area contributed by atoms with E-state index < -0.39 is 5.91 Å². The van der Waals surface area contributed by atoms with E-state index in [0.717, 1.165) is 11.3 Å². The Hall–Kier alpha value is -2.32. The van der Waals surface area contributed by atoms with Crippen molar-refractivity contribution in [2.45, 2.75) is 25.2 Å². The molecule has 23 heavy (non-hydrogen) atoms. The van der Waals surface area contributed by atoms with Gasteiger partial charge < -0.3 is 20.7 Å². The molecule has 0 fully saturated rings. The van der Waals surface area contributed by atoms with Crippen molar-refractivity contribution in [2.75, 3.05) is 11.1 Å². The van der Waals surface area contributed by atoms with Crippen LogP contribution in [-0.4, -0.2) is 32.2 Å². The van der Waals surface area contributed by atoms with Crippen LogP contribution in [0.3, 0.4) is 0 Å². The Morgan fingerprint density at radius 3 is 2.65 bits per heavy atom. The molecule has 1 heterocycles. The maximum absolute atomic E-state index is 12.0. The van der Waals surface area contributed by atoms with Gasteiger partial charge in [-0.3, -0.25) is 9.59 Å². The Morgan fingerprint density at radius 2 is 2.04 bits per heavy atom. The number of hydrogen-bond acceptors (Lipinski definition) is 5. The molecule has 0 saturated carbocycles. The van der Waals surface area contributed by atoms with Crippen LogP contribution in [0.2, 0.25) is 0 Å². The van der Waals surface area contributed by atoms with Crippen LogP contribution < -0.4 is 11.1 Å². The summed E-state index contributed by atoms with van der Waals surface area (Å²) >= 11 is 1.18. The third-order valence-corrected chi connectivity index (χ3v) is 4.04. The topological polar surface area (TPSA) is 110 Å². The first-order chi connectivity index (χ1) is 11.0. The molecular formula is C15H18N4O3S. The highest BCUT2D eigenvalue weighted by atomic mass is 32.2. The van der Waals surface area contributed by atoms with Gasteiger partial charge in [-0.1, -0.05) is 29.5 Å². The number of aliphatic hydroxyl groups is 1. The van der Waals surface area contributed by atoms with Crippen molar-refractivity contribution in [3.05, 3.63) is 41.7 Å². The number of anilines is 1. The fraction of sp³-hybridized carbons (Fsp3) is 0.267. The van der Waals surface area contributed by atoms with Gasteiger partial charge in [-0.2, -0.15) is 0 Å². The Morgan fingerprint density at radius 1 is 1.35 bits per heavy atom. The minimum absolute atomic E-state index is 0.0855. The van der Waals surface area contributed by atoms with Crippen LogP contribution in [0.25, 0.3) is 0 Å². The van der Waals surface area contributed by atoms with E-state index in [1.54, 1.807) is 0 Å². The van der Waals surface area contributed by atoms with Crippen molar-refractivity contribution < 1.29 is 14.7 Å². The van der Waals surface area contributed by atoms with Crippen molar-refractivity contribution in [2.24, 2.45) is 5.73 Å². The molecule has 0 atom stereocenters. The predicted molar refractivity (Wildman–Crippen MR) is 87.9 cm³/mol. The summed E-state index contributed by atoms with van der Waals surface area (Å²) in [6, 6.07) is 7.48. The van der Waals surface area contributed by atoms with Crippen LogP contribution in [0.15, 0.2) is 35.6 Å². The van der Waals surface area contributed by atoms with E-state index in [1.807, 2.05) is 31.2 Å². The van der Waals surface area contributed by atoms with Gasteiger partial charge in [0.05, 0.1) is 24.3 Å². The predicted octanol–water partition coefficient (Wildman–Crippen LogP) is 0.900. The summed E-state index contributed by atoms with van der Waals surface area (Å²) < 4.78 is 1.51. The van der Waals surface area contributed by atoms with E-state index in [-0.39, 0.29) is 24.8 Å². The largest absolute Gasteiger partial charge is 0.390 e. The van der Waals surface area contributed by atoms with Crippen molar-refractivity contribution in [3.8, 4) is 0 Å². The molecule has 0 aliphatic heterocycles. The number of benzene rings is 1. The van der Waals surface area contributed by atoms with Gasteiger partial charge in [0.1, 0.15) is 6.54 Å². The third kappa shape index (κ3) is 4.83. The minimum Gasteiger partial charge on any atom is -0.390 e. The standard InChI is InChI=1S/C15H18N4O3S/c1-10-2-4-11(5-3-10)18-14(22)9-23-15-17-6-12(8-20)19(15)7-13(16)21/h2-6,20H,7-9H2,1H3,(H2,16,21)(H,18,22). The summed E-state index contributed by atoms with van der Waals surface area (Å²) in [7, 11) is 0. The zero-order valence-corrected chi connectivity index (χ0v) is 13.5. The second-order valence-electron chi connectivity index (χ2n) is 4.95. The number of aryl methyl sites for hydroxylation is 1.